The molecule has 4 aromatic rings. The minimum absolute atomic E-state index is 0.0335. The van der Waals surface area contributed by atoms with Crippen LogP contribution < -0.4 is 9.47 Å². The Balaban J connectivity index is 1.73. The van der Waals surface area contributed by atoms with E-state index in [1.807, 2.05) is 0 Å². The molecule has 0 unspecified atom stereocenters. The van der Waals surface area contributed by atoms with E-state index in [9.17, 15) is 16.8 Å². The molecule has 232 valence electrons. The van der Waals surface area contributed by atoms with Crippen molar-refractivity contribution in [3.8, 4) is 11.5 Å². The Morgan fingerprint density at radius 2 is 0.870 bits per heavy atom. The molecule has 4 rings (SSSR count). The van der Waals surface area contributed by atoms with Crippen molar-refractivity contribution in [3.05, 3.63) is 117 Å². The molecule has 46 heavy (non-hydrogen) atoms. The lowest BCUT2D eigenvalue weighted by Crippen LogP contribution is -1.99. The van der Waals surface area contributed by atoms with E-state index >= 15 is 0 Å². The van der Waals surface area contributed by atoms with E-state index in [1.54, 1.807) is 48.5 Å². The molecule has 0 aliphatic carbocycles. The van der Waals surface area contributed by atoms with Crippen molar-refractivity contribution in [2.45, 2.75) is 9.79 Å². The molecule has 18 heteroatoms. The van der Waals surface area contributed by atoms with Crippen LogP contribution in [0.1, 0.15) is 11.1 Å². The first-order chi connectivity index (χ1) is 22.1. The van der Waals surface area contributed by atoms with Gasteiger partial charge in [0.1, 0.15) is 11.5 Å². The van der Waals surface area contributed by atoms with E-state index in [4.69, 9.17) is 20.5 Å². The quantitative estimate of drug-likeness (QED) is 0.0624. The summed E-state index contributed by atoms with van der Waals surface area (Å²) in [7, 11) is -6.03. The summed E-state index contributed by atoms with van der Waals surface area (Å²) in [6, 6.07) is 21.2. The zero-order valence-corrected chi connectivity index (χ0v) is 25.6. The summed E-state index contributed by atoms with van der Waals surface area (Å²) in [5, 5.41) is 16.3. The van der Waals surface area contributed by atoms with Crippen LogP contribution in [0.25, 0.3) is 33.0 Å². The molecule has 0 atom stereocenters. The van der Waals surface area contributed by atoms with Crippen LogP contribution in [0.4, 0.5) is 22.7 Å². The fraction of sp³-hybridized carbons (Fsp3) is 0.0714. The van der Waals surface area contributed by atoms with Crippen molar-refractivity contribution in [2.24, 2.45) is 29.5 Å². The number of azo groups is 2. The molecule has 0 amide bonds. The largest absolute Gasteiger partial charge is 0.497 e. The summed E-state index contributed by atoms with van der Waals surface area (Å²) >= 11 is 0. The van der Waals surface area contributed by atoms with Gasteiger partial charge in [0, 0.05) is 18.9 Å². The van der Waals surface area contributed by atoms with Gasteiger partial charge in [0.15, 0.2) is 0 Å². The topological polar surface area (TPSA) is 234 Å². The summed E-state index contributed by atoms with van der Waals surface area (Å²) in [6.07, 6.45) is 2.57. The van der Waals surface area contributed by atoms with Gasteiger partial charge in [-0.25, -0.2) is 16.8 Å². The highest BCUT2D eigenvalue weighted by Gasteiger charge is 2.19. The zero-order valence-electron chi connectivity index (χ0n) is 24.0. The molecule has 0 radical (unpaired) electrons. The average Bonchev–Trinajstić information content (AvgIpc) is 3.06. The number of hydrogen-bond acceptors (Lipinski definition) is 10. The highest BCUT2D eigenvalue weighted by Crippen LogP contribution is 2.31. The molecule has 0 aromatic heterocycles. The SMILES string of the molecule is COc1ccc(/N=N/c2ccc(/C=C/c3ccc(/N=N/c4ccc(OC)cc4)cc3S(=O)(=O)N=[N+]=[N-])c(S(=O)(=O)N=[N+]=[N-])c2)cc1. The lowest BCUT2D eigenvalue weighted by molar-refractivity contribution is 0.414. The second-order valence-corrected chi connectivity index (χ2v) is 12.0. The lowest BCUT2D eigenvalue weighted by atomic mass is 10.1. The number of ether oxygens (including phenoxy) is 2. The third kappa shape index (κ3) is 8.31. The number of benzene rings is 4. The van der Waals surface area contributed by atoms with Crippen LogP contribution >= 0.6 is 0 Å². The Morgan fingerprint density at radius 1 is 0.543 bits per heavy atom. The molecule has 0 aliphatic rings. The second kappa shape index (κ2) is 14.6. The minimum Gasteiger partial charge on any atom is -0.497 e. The summed E-state index contributed by atoms with van der Waals surface area (Å²) in [5.74, 6) is 1.22. The molecule has 0 fully saturated rings. The van der Waals surface area contributed by atoms with Gasteiger partial charge >= 0.3 is 0 Å². The van der Waals surface area contributed by atoms with Crippen molar-refractivity contribution < 1.29 is 26.3 Å². The molecule has 16 nitrogen and oxygen atoms in total. The summed E-state index contributed by atoms with van der Waals surface area (Å²) in [5.41, 5.74) is 18.9. The van der Waals surface area contributed by atoms with Crippen molar-refractivity contribution in [3.63, 3.8) is 0 Å². The number of rotatable bonds is 12. The van der Waals surface area contributed by atoms with Crippen LogP contribution in [0.5, 0.6) is 11.5 Å². The van der Waals surface area contributed by atoms with Crippen LogP contribution in [0.2, 0.25) is 0 Å². The number of sulfonamides is 2. The first kappa shape index (κ1) is 32.8. The molecular formula is C28H22N10O6S2. The molecule has 4 aromatic carbocycles. The van der Waals surface area contributed by atoms with Crippen molar-refractivity contribution in [1.29, 1.82) is 0 Å². The molecule has 0 saturated heterocycles. The first-order valence-electron chi connectivity index (χ1n) is 12.8. The maximum atomic E-state index is 12.8. The number of methoxy groups -OCH3 is 2. The molecule has 0 saturated carbocycles. The maximum absolute atomic E-state index is 12.8. The summed E-state index contributed by atoms with van der Waals surface area (Å²) < 4.78 is 67.3. The fourth-order valence-corrected chi connectivity index (χ4v) is 5.56. The van der Waals surface area contributed by atoms with Gasteiger partial charge in [0.25, 0.3) is 20.0 Å². The van der Waals surface area contributed by atoms with Crippen molar-refractivity contribution >= 4 is 54.9 Å². The zero-order chi connectivity index (χ0) is 33.2. The Labute approximate surface area is 262 Å². The van der Waals surface area contributed by atoms with Crippen molar-refractivity contribution in [1.82, 2.24) is 0 Å². The lowest BCUT2D eigenvalue weighted by Gasteiger charge is -2.07. The highest BCUT2D eigenvalue weighted by atomic mass is 32.2. The molecule has 0 N–H and O–H groups in total. The monoisotopic (exact) mass is 658 g/mol. The van der Waals surface area contributed by atoms with E-state index in [2.05, 4.69) is 39.3 Å². The van der Waals surface area contributed by atoms with E-state index in [-0.39, 0.29) is 22.5 Å². The molecule has 0 bridgehead atoms. The van der Waals surface area contributed by atoms with E-state index in [0.717, 1.165) is 12.1 Å². The molecular weight excluding hydrogens is 637 g/mol. The van der Waals surface area contributed by atoms with Crippen LogP contribution in [0, 0.1) is 0 Å². The maximum Gasteiger partial charge on any atom is 0.265 e. The van der Waals surface area contributed by atoms with Crippen LogP contribution in [0.15, 0.2) is 124 Å². The Bertz CT molecular complexity index is 2000. The Kier molecular flexibility index (Phi) is 10.4. The number of nitrogens with zero attached hydrogens (tertiary/aromatic N) is 10. The second-order valence-electron chi connectivity index (χ2n) is 8.87. The van der Waals surface area contributed by atoms with E-state index in [0.29, 0.717) is 22.9 Å². The van der Waals surface area contributed by atoms with Gasteiger partial charge in [-0.05, 0) is 95.0 Å². The summed E-state index contributed by atoms with van der Waals surface area (Å²) in [6.45, 7) is 0. The van der Waals surface area contributed by atoms with Crippen LogP contribution in [-0.4, -0.2) is 31.1 Å². The van der Waals surface area contributed by atoms with E-state index in [1.165, 1.54) is 50.6 Å². The van der Waals surface area contributed by atoms with Gasteiger partial charge in [0.05, 0.1) is 46.8 Å². The minimum atomic E-state index is -4.53. The standard InChI is InChI=1S/C28H22N10O6S2/c1-43-25-13-9-21(10-14-25)31-33-23-7-5-19(27(17-23)45(39,40)37-35-29)3-4-20-6-8-24(18-28(20)46(41,42)38-36-30)34-32-22-11-15-26(44-2)16-12-22/h3-18H,1-2H3/b4-3+,33-31+,34-32+. The third-order valence-corrected chi connectivity index (χ3v) is 8.38. The highest BCUT2D eigenvalue weighted by molar-refractivity contribution is 7.90. The van der Waals surface area contributed by atoms with E-state index < -0.39 is 29.8 Å². The van der Waals surface area contributed by atoms with Crippen LogP contribution in [0.3, 0.4) is 0 Å². The van der Waals surface area contributed by atoms with Gasteiger partial charge in [-0.15, -0.1) is 0 Å². The number of azide groups is 2. The molecule has 0 spiro atoms. The first-order valence-corrected chi connectivity index (χ1v) is 15.7. The molecule has 0 heterocycles. The fourth-order valence-electron chi connectivity index (χ4n) is 3.79. The van der Waals surface area contributed by atoms with Gasteiger partial charge in [-0.3, -0.25) is 0 Å². The normalized spacial score (nSPS) is 11.8. The Hall–Kier alpha value is -6.06. The van der Waals surface area contributed by atoms with Gasteiger partial charge in [-0.1, -0.05) is 24.3 Å². The summed E-state index contributed by atoms with van der Waals surface area (Å²) in [4.78, 5) is 3.97. The average molecular weight is 659 g/mol. The van der Waals surface area contributed by atoms with Gasteiger partial charge < -0.3 is 9.47 Å². The molecule has 0 aliphatic heterocycles. The predicted octanol–water partition coefficient (Wildman–Crippen LogP) is 8.70. The predicted molar refractivity (Wildman–Crippen MR) is 169 cm³/mol. The smallest absolute Gasteiger partial charge is 0.265 e. The third-order valence-electron chi connectivity index (χ3n) is 5.99. The van der Waals surface area contributed by atoms with Crippen LogP contribution in [-0.2, 0) is 20.0 Å². The van der Waals surface area contributed by atoms with Crippen molar-refractivity contribution in [2.75, 3.05) is 14.2 Å². The van der Waals surface area contributed by atoms with Gasteiger partial charge in [-0.2, -0.15) is 20.5 Å². The van der Waals surface area contributed by atoms with Gasteiger partial charge in [0.2, 0.25) is 0 Å². The Morgan fingerprint density at radius 3 is 1.20 bits per heavy atom. The number of hydrogen-bond donors (Lipinski definition) is 0.